The van der Waals surface area contributed by atoms with Crippen LogP contribution >= 0.6 is 0 Å². The number of anilines is 1. The lowest BCUT2D eigenvalue weighted by atomic mass is 10.1. The van der Waals surface area contributed by atoms with E-state index in [2.05, 4.69) is 26.7 Å². The fourth-order valence-electron chi connectivity index (χ4n) is 3.29. The number of nitrogens with one attached hydrogen (secondary N) is 1. The molecule has 2 atom stereocenters. The number of aryl methyl sites for hydroxylation is 1. The molecule has 0 spiro atoms. The molecule has 6 nitrogen and oxygen atoms in total. The number of piperazine rings is 1. The van der Waals surface area contributed by atoms with E-state index in [9.17, 15) is 0 Å². The molecule has 20 heavy (non-hydrogen) atoms. The summed E-state index contributed by atoms with van der Waals surface area (Å²) >= 11 is 0. The van der Waals surface area contributed by atoms with Crippen LogP contribution in [0.5, 0.6) is 0 Å². The van der Waals surface area contributed by atoms with Crippen LogP contribution in [0.4, 0.5) is 5.95 Å². The zero-order valence-electron chi connectivity index (χ0n) is 12.1. The van der Waals surface area contributed by atoms with E-state index in [4.69, 9.17) is 11.1 Å². The molecule has 3 rings (SSSR count). The lowest BCUT2D eigenvalue weighted by molar-refractivity contribution is 0.201. The summed E-state index contributed by atoms with van der Waals surface area (Å²) in [4.78, 5) is 13.9. The first-order chi connectivity index (χ1) is 9.54. The van der Waals surface area contributed by atoms with Gasteiger partial charge in [0.25, 0.3) is 0 Å². The normalized spacial score (nSPS) is 26.6. The van der Waals surface area contributed by atoms with Crippen molar-refractivity contribution < 1.29 is 0 Å². The minimum Gasteiger partial charge on any atom is -0.382 e. The molecule has 0 amide bonds. The summed E-state index contributed by atoms with van der Waals surface area (Å²) in [5.74, 6) is 0.721. The number of nitrogens with two attached hydrogens (primary N) is 1. The Morgan fingerprint density at radius 2 is 2.20 bits per heavy atom. The summed E-state index contributed by atoms with van der Waals surface area (Å²) in [5, 5.41) is 7.57. The second-order valence-corrected chi connectivity index (χ2v) is 5.90. The number of hydrogen-bond acceptors (Lipinski definition) is 5. The van der Waals surface area contributed by atoms with E-state index >= 15 is 0 Å². The van der Waals surface area contributed by atoms with Gasteiger partial charge in [-0.2, -0.15) is 0 Å². The van der Waals surface area contributed by atoms with Gasteiger partial charge in [0.15, 0.2) is 0 Å². The number of nitrogen functional groups attached to an aromatic ring is 1. The van der Waals surface area contributed by atoms with Crippen molar-refractivity contribution in [3.8, 4) is 0 Å². The maximum atomic E-state index is 7.57. The molecule has 6 heteroatoms. The second kappa shape index (κ2) is 5.01. The van der Waals surface area contributed by atoms with E-state index in [0.29, 0.717) is 23.7 Å². The Labute approximate surface area is 119 Å². The second-order valence-electron chi connectivity index (χ2n) is 5.90. The highest BCUT2D eigenvalue weighted by Gasteiger charge is 2.35. The Hall–Kier alpha value is -1.69. The minimum atomic E-state index is 0.00362. The Bertz CT molecular complexity index is 528. The number of nitrogens with zero attached hydrogens (tertiary/aromatic N) is 4. The maximum Gasteiger partial charge on any atom is 0.226 e. The van der Waals surface area contributed by atoms with Crippen molar-refractivity contribution >= 4 is 11.8 Å². The minimum absolute atomic E-state index is 0.00362. The fourth-order valence-corrected chi connectivity index (χ4v) is 3.29. The molecule has 3 heterocycles. The van der Waals surface area contributed by atoms with Gasteiger partial charge in [-0.1, -0.05) is 0 Å². The van der Waals surface area contributed by atoms with Crippen LogP contribution in [0.1, 0.15) is 31.2 Å². The summed E-state index contributed by atoms with van der Waals surface area (Å²) in [5.41, 5.74) is 6.95. The molecular formula is C14H22N6. The van der Waals surface area contributed by atoms with Gasteiger partial charge in [-0.05, 0) is 39.3 Å². The van der Waals surface area contributed by atoms with Crippen molar-refractivity contribution in [2.24, 2.45) is 5.73 Å². The zero-order chi connectivity index (χ0) is 14.3. The fraction of sp³-hybridized carbons (Fsp3) is 0.643. The summed E-state index contributed by atoms with van der Waals surface area (Å²) in [6.07, 6.45) is 2.55. The molecule has 0 bridgehead atoms. The van der Waals surface area contributed by atoms with E-state index < -0.39 is 0 Å². The standard InChI is InChI=1S/C14H22N6/c1-9-6-12(13(15)16)18-14(17-9)20-8-11-4-3-5-19(11)7-10(20)2/h6,10-11H,3-5,7-8H2,1-2H3,(H3,15,16). The first-order valence-corrected chi connectivity index (χ1v) is 7.25. The number of aromatic nitrogens is 2. The molecule has 2 fully saturated rings. The molecule has 0 radical (unpaired) electrons. The van der Waals surface area contributed by atoms with Crippen molar-refractivity contribution in [3.05, 3.63) is 17.5 Å². The lowest BCUT2D eigenvalue weighted by Crippen LogP contribution is -2.55. The first kappa shape index (κ1) is 13.3. The van der Waals surface area contributed by atoms with Crippen molar-refractivity contribution in [2.75, 3.05) is 24.5 Å². The third-order valence-corrected chi connectivity index (χ3v) is 4.31. The third-order valence-electron chi connectivity index (χ3n) is 4.31. The van der Waals surface area contributed by atoms with Crippen molar-refractivity contribution in [1.82, 2.24) is 14.9 Å². The van der Waals surface area contributed by atoms with Gasteiger partial charge in [-0.3, -0.25) is 10.3 Å². The Morgan fingerprint density at radius 3 is 2.95 bits per heavy atom. The largest absolute Gasteiger partial charge is 0.382 e. The average Bonchev–Trinajstić information content (AvgIpc) is 2.83. The number of fused-ring (bicyclic) bond motifs is 1. The van der Waals surface area contributed by atoms with Crippen LogP contribution in [0.3, 0.4) is 0 Å². The molecule has 108 valence electrons. The van der Waals surface area contributed by atoms with E-state index in [-0.39, 0.29) is 5.84 Å². The van der Waals surface area contributed by atoms with Gasteiger partial charge in [0, 0.05) is 30.9 Å². The topological polar surface area (TPSA) is 82.1 Å². The van der Waals surface area contributed by atoms with Gasteiger partial charge in [0.1, 0.15) is 11.5 Å². The van der Waals surface area contributed by atoms with Gasteiger partial charge < -0.3 is 10.6 Å². The van der Waals surface area contributed by atoms with E-state index in [0.717, 1.165) is 18.8 Å². The van der Waals surface area contributed by atoms with Gasteiger partial charge in [0.2, 0.25) is 5.95 Å². The highest BCUT2D eigenvalue weighted by Crippen LogP contribution is 2.27. The van der Waals surface area contributed by atoms with Gasteiger partial charge in [-0.15, -0.1) is 0 Å². The highest BCUT2D eigenvalue weighted by atomic mass is 15.4. The van der Waals surface area contributed by atoms with Gasteiger partial charge in [-0.25, -0.2) is 9.97 Å². The van der Waals surface area contributed by atoms with Crippen molar-refractivity contribution in [2.45, 2.75) is 38.8 Å². The molecule has 0 aliphatic carbocycles. The van der Waals surface area contributed by atoms with Crippen molar-refractivity contribution in [1.29, 1.82) is 5.41 Å². The molecule has 0 saturated carbocycles. The monoisotopic (exact) mass is 274 g/mol. The summed E-state index contributed by atoms with van der Waals surface area (Å²) in [6.45, 7) is 7.40. The molecule has 2 saturated heterocycles. The Balaban J connectivity index is 1.89. The predicted molar refractivity (Wildman–Crippen MR) is 79.2 cm³/mol. The quantitative estimate of drug-likeness (QED) is 0.614. The average molecular weight is 274 g/mol. The number of rotatable bonds is 2. The lowest BCUT2D eigenvalue weighted by Gasteiger charge is -2.42. The molecule has 2 aliphatic heterocycles. The SMILES string of the molecule is Cc1cc(C(=N)N)nc(N2CC3CCCN3CC2C)n1. The van der Waals surface area contributed by atoms with Crippen LogP contribution in [-0.4, -0.2) is 52.4 Å². The Kier molecular flexibility index (Phi) is 3.33. The molecule has 2 unspecified atom stereocenters. The molecule has 1 aromatic rings. The summed E-state index contributed by atoms with van der Waals surface area (Å²) < 4.78 is 0. The van der Waals surface area contributed by atoms with E-state index in [1.807, 2.05) is 6.92 Å². The predicted octanol–water partition coefficient (Wildman–Crippen LogP) is 0.742. The molecule has 2 aliphatic rings. The number of hydrogen-bond donors (Lipinski definition) is 2. The third kappa shape index (κ3) is 2.35. The molecule has 1 aromatic heterocycles. The molecule has 0 aromatic carbocycles. The number of amidine groups is 1. The van der Waals surface area contributed by atoms with Crippen molar-refractivity contribution in [3.63, 3.8) is 0 Å². The summed E-state index contributed by atoms with van der Waals surface area (Å²) in [7, 11) is 0. The smallest absolute Gasteiger partial charge is 0.226 e. The summed E-state index contributed by atoms with van der Waals surface area (Å²) in [6, 6.07) is 2.78. The van der Waals surface area contributed by atoms with Gasteiger partial charge in [0.05, 0.1) is 0 Å². The highest BCUT2D eigenvalue weighted by molar-refractivity contribution is 5.93. The van der Waals surface area contributed by atoms with E-state index in [1.165, 1.54) is 19.4 Å². The van der Waals surface area contributed by atoms with Crippen LogP contribution in [0.25, 0.3) is 0 Å². The van der Waals surface area contributed by atoms with E-state index in [1.54, 1.807) is 6.07 Å². The Morgan fingerprint density at radius 1 is 1.40 bits per heavy atom. The maximum absolute atomic E-state index is 7.57. The van der Waals surface area contributed by atoms with Crippen LogP contribution < -0.4 is 10.6 Å². The van der Waals surface area contributed by atoms with Crippen LogP contribution in [0.15, 0.2) is 6.07 Å². The molecular weight excluding hydrogens is 252 g/mol. The van der Waals surface area contributed by atoms with Crippen LogP contribution in [-0.2, 0) is 0 Å². The molecule has 3 N–H and O–H groups in total. The zero-order valence-corrected chi connectivity index (χ0v) is 12.1. The first-order valence-electron chi connectivity index (χ1n) is 7.25. The van der Waals surface area contributed by atoms with Gasteiger partial charge >= 0.3 is 0 Å². The van der Waals surface area contributed by atoms with Crippen LogP contribution in [0, 0.1) is 12.3 Å². The van der Waals surface area contributed by atoms with Crippen LogP contribution in [0.2, 0.25) is 0 Å².